The molecule has 2 aromatic carbocycles. The van der Waals surface area contributed by atoms with Crippen LogP contribution in [0.1, 0.15) is 15.9 Å². The molecule has 0 aromatic heterocycles. The number of non-ortho nitro benzene ring substituents is 1. The van der Waals surface area contributed by atoms with Gasteiger partial charge in [0.05, 0.1) is 10.5 Å². The predicted molar refractivity (Wildman–Crippen MR) is 87.2 cm³/mol. The first-order chi connectivity index (χ1) is 11.9. The summed E-state index contributed by atoms with van der Waals surface area (Å²) in [6.07, 6.45) is 1.50. The Morgan fingerprint density at radius 1 is 1.24 bits per heavy atom. The Hall–Kier alpha value is -3.68. The van der Waals surface area contributed by atoms with Gasteiger partial charge in [-0.3, -0.25) is 19.7 Å². The van der Waals surface area contributed by atoms with Gasteiger partial charge in [0.25, 0.3) is 11.6 Å². The summed E-state index contributed by atoms with van der Waals surface area (Å²) in [5.41, 5.74) is 5.92. The van der Waals surface area contributed by atoms with Gasteiger partial charge in [0.1, 0.15) is 11.5 Å². The minimum Gasteiger partial charge on any atom is -0.484 e. The fourth-order valence-electron chi connectivity index (χ4n) is 2.26. The number of rotatable bonds is 5. The predicted octanol–water partition coefficient (Wildman–Crippen LogP) is 2.08. The van der Waals surface area contributed by atoms with Crippen molar-refractivity contribution in [1.82, 2.24) is 0 Å². The number of fused-ring (bicyclic) bond motifs is 1. The van der Waals surface area contributed by atoms with Crippen LogP contribution < -0.4 is 15.2 Å². The molecule has 1 aliphatic heterocycles. The van der Waals surface area contributed by atoms with E-state index in [-0.39, 0.29) is 23.8 Å². The third-order valence-corrected chi connectivity index (χ3v) is 3.42. The van der Waals surface area contributed by atoms with E-state index in [9.17, 15) is 19.7 Å². The summed E-state index contributed by atoms with van der Waals surface area (Å²) < 4.78 is 10.7. The average Bonchev–Trinajstić information content (AvgIpc) is 2.89. The number of nitrogens with two attached hydrogens (primary N) is 1. The molecular weight excluding hydrogens is 328 g/mol. The monoisotopic (exact) mass is 340 g/mol. The van der Waals surface area contributed by atoms with E-state index in [0.717, 1.165) is 0 Å². The minimum atomic E-state index is -0.615. The van der Waals surface area contributed by atoms with Gasteiger partial charge < -0.3 is 15.2 Å². The van der Waals surface area contributed by atoms with Crippen molar-refractivity contribution in [2.75, 3.05) is 6.61 Å². The van der Waals surface area contributed by atoms with Crippen molar-refractivity contribution < 1.29 is 24.0 Å². The fraction of sp³-hybridized carbons (Fsp3) is 0.0588. The molecule has 0 atom stereocenters. The van der Waals surface area contributed by atoms with Gasteiger partial charge in [-0.25, -0.2) is 0 Å². The van der Waals surface area contributed by atoms with Gasteiger partial charge in [-0.2, -0.15) is 0 Å². The van der Waals surface area contributed by atoms with E-state index in [0.29, 0.717) is 22.6 Å². The maximum Gasteiger partial charge on any atom is 0.269 e. The largest absolute Gasteiger partial charge is 0.484 e. The highest BCUT2D eigenvalue weighted by atomic mass is 16.6. The van der Waals surface area contributed by atoms with Crippen LogP contribution in [-0.4, -0.2) is 23.2 Å². The zero-order valence-corrected chi connectivity index (χ0v) is 12.8. The van der Waals surface area contributed by atoms with Gasteiger partial charge in [-0.1, -0.05) is 0 Å². The molecule has 0 spiro atoms. The maximum atomic E-state index is 12.3. The summed E-state index contributed by atoms with van der Waals surface area (Å²) in [5.74, 6) is -0.177. The van der Waals surface area contributed by atoms with E-state index in [1.54, 1.807) is 0 Å². The molecule has 2 aromatic rings. The molecule has 8 heteroatoms. The van der Waals surface area contributed by atoms with Crippen molar-refractivity contribution in [3.8, 4) is 11.5 Å². The molecule has 0 unspecified atom stereocenters. The lowest BCUT2D eigenvalue weighted by Crippen LogP contribution is -2.19. The number of nitro benzene ring substituents is 1. The number of ketones is 1. The van der Waals surface area contributed by atoms with E-state index < -0.39 is 10.8 Å². The number of carbonyl (C=O) groups is 2. The van der Waals surface area contributed by atoms with E-state index >= 15 is 0 Å². The summed E-state index contributed by atoms with van der Waals surface area (Å²) in [6, 6.07) is 10.3. The number of Topliss-reactive ketones (excluding diaryl/α,β-unsaturated/α-hetero) is 1. The zero-order valence-electron chi connectivity index (χ0n) is 12.8. The number of nitro groups is 1. The Kier molecular flexibility index (Phi) is 4.17. The van der Waals surface area contributed by atoms with Crippen LogP contribution in [0.15, 0.2) is 48.2 Å². The topological polar surface area (TPSA) is 122 Å². The first-order valence-electron chi connectivity index (χ1n) is 7.18. The van der Waals surface area contributed by atoms with Gasteiger partial charge in [-0.05, 0) is 35.9 Å². The second-order valence-corrected chi connectivity index (χ2v) is 5.20. The number of primary amides is 1. The number of benzene rings is 2. The number of allylic oxidation sites excluding steroid dienone is 1. The van der Waals surface area contributed by atoms with Crippen molar-refractivity contribution in [2.24, 2.45) is 5.73 Å². The molecule has 3 rings (SSSR count). The third kappa shape index (κ3) is 3.47. The standard InChI is InChI=1S/C17H12N2O6/c18-16(20)9-24-12-5-6-13-14(8-12)25-15(17(13)21)7-10-1-3-11(4-2-10)19(22)23/h1-8H,9H2,(H2,18,20). The molecule has 0 aliphatic carbocycles. The molecule has 1 aliphatic rings. The van der Waals surface area contributed by atoms with Crippen molar-refractivity contribution in [3.05, 3.63) is 69.5 Å². The van der Waals surface area contributed by atoms with E-state index in [1.165, 1.54) is 48.5 Å². The van der Waals surface area contributed by atoms with Gasteiger partial charge in [0.2, 0.25) is 5.78 Å². The molecule has 1 amide bonds. The molecule has 0 bridgehead atoms. The third-order valence-electron chi connectivity index (χ3n) is 3.42. The summed E-state index contributed by atoms with van der Waals surface area (Å²) in [4.78, 5) is 33.2. The Morgan fingerprint density at radius 3 is 2.60 bits per heavy atom. The second kappa shape index (κ2) is 6.44. The highest BCUT2D eigenvalue weighted by Gasteiger charge is 2.27. The zero-order chi connectivity index (χ0) is 18.0. The van der Waals surface area contributed by atoms with Crippen LogP contribution in [0.3, 0.4) is 0 Å². The molecule has 1 heterocycles. The summed E-state index contributed by atoms with van der Waals surface area (Å²) >= 11 is 0. The normalized spacial score (nSPS) is 14.1. The Labute approximate surface area is 141 Å². The number of ether oxygens (including phenoxy) is 2. The summed E-state index contributed by atoms with van der Waals surface area (Å²) in [5, 5.41) is 10.7. The minimum absolute atomic E-state index is 0.0413. The maximum absolute atomic E-state index is 12.3. The van der Waals surface area contributed by atoms with Crippen LogP contribution in [0.2, 0.25) is 0 Å². The molecule has 25 heavy (non-hydrogen) atoms. The number of carbonyl (C=O) groups excluding carboxylic acids is 2. The SMILES string of the molecule is NC(=O)COc1ccc2c(c1)OC(=Cc1ccc([N+](=O)[O-])cc1)C2=O. The van der Waals surface area contributed by atoms with E-state index in [2.05, 4.69) is 0 Å². The molecule has 0 saturated heterocycles. The first-order valence-corrected chi connectivity index (χ1v) is 7.18. The van der Waals surface area contributed by atoms with Gasteiger partial charge in [0, 0.05) is 18.2 Å². The Morgan fingerprint density at radius 2 is 1.96 bits per heavy atom. The van der Waals surface area contributed by atoms with Crippen molar-refractivity contribution in [3.63, 3.8) is 0 Å². The number of nitrogens with zero attached hydrogens (tertiary/aromatic N) is 1. The van der Waals surface area contributed by atoms with Crippen molar-refractivity contribution in [2.45, 2.75) is 0 Å². The van der Waals surface area contributed by atoms with Crippen LogP contribution in [0.5, 0.6) is 11.5 Å². The molecule has 0 fully saturated rings. The second-order valence-electron chi connectivity index (χ2n) is 5.20. The van der Waals surface area contributed by atoms with Crippen molar-refractivity contribution in [1.29, 1.82) is 0 Å². The van der Waals surface area contributed by atoms with Crippen LogP contribution >= 0.6 is 0 Å². The van der Waals surface area contributed by atoms with E-state index in [4.69, 9.17) is 15.2 Å². The van der Waals surface area contributed by atoms with Crippen molar-refractivity contribution >= 4 is 23.5 Å². The lowest BCUT2D eigenvalue weighted by molar-refractivity contribution is -0.384. The highest BCUT2D eigenvalue weighted by molar-refractivity contribution is 6.14. The van der Waals surface area contributed by atoms with Crippen LogP contribution in [0.25, 0.3) is 6.08 Å². The Balaban J connectivity index is 1.81. The molecule has 2 N–H and O–H groups in total. The molecule has 0 radical (unpaired) electrons. The van der Waals surface area contributed by atoms with E-state index in [1.807, 2.05) is 0 Å². The molecule has 0 saturated carbocycles. The molecular formula is C17H12N2O6. The molecule has 8 nitrogen and oxygen atoms in total. The number of amides is 1. The van der Waals surface area contributed by atoms with Crippen LogP contribution in [-0.2, 0) is 4.79 Å². The summed E-state index contributed by atoms with van der Waals surface area (Å²) in [7, 11) is 0. The molecule has 126 valence electrons. The average molecular weight is 340 g/mol. The quantitative estimate of drug-likeness (QED) is 0.505. The fourth-order valence-corrected chi connectivity index (χ4v) is 2.26. The van der Waals surface area contributed by atoms with Gasteiger partial charge in [-0.15, -0.1) is 0 Å². The highest BCUT2D eigenvalue weighted by Crippen LogP contribution is 2.35. The Bertz CT molecular complexity index is 902. The number of hydrogen-bond donors (Lipinski definition) is 1. The lowest BCUT2D eigenvalue weighted by atomic mass is 10.1. The van der Waals surface area contributed by atoms with Crippen LogP contribution in [0, 0.1) is 10.1 Å². The number of hydrogen-bond acceptors (Lipinski definition) is 6. The van der Waals surface area contributed by atoms with Crippen LogP contribution in [0.4, 0.5) is 5.69 Å². The summed E-state index contributed by atoms with van der Waals surface area (Å²) in [6.45, 7) is -0.280. The van der Waals surface area contributed by atoms with Gasteiger partial charge in [0.15, 0.2) is 12.4 Å². The lowest BCUT2D eigenvalue weighted by Gasteiger charge is -2.04. The van der Waals surface area contributed by atoms with Gasteiger partial charge >= 0.3 is 0 Å². The smallest absolute Gasteiger partial charge is 0.269 e. The first kappa shape index (κ1) is 16.2.